The zero-order valence-corrected chi connectivity index (χ0v) is 11.7. The number of aromatic amines is 1. The van der Waals surface area contributed by atoms with Crippen molar-refractivity contribution in [3.8, 4) is 0 Å². The Hall–Kier alpha value is -2.90. The Morgan fingerprint density at radius 2 is 2.29 bits per heavy atom. The molecule has 1 unspecified atom stereocenters. The van der Waals surface area contributed by atoms with Gasteiger partial charge >= 0.3 is 0 Å². The number of amides is 1. The quantitative estimate of drug-likeness (QED) is 0.659. The van der Waals surface area contributed by atoms with E-state index in [2.05, 4.69) is 25.4 Å². The maximum Gasteiger partial charge on any atom is 0.257 e. The third-order valence-corrected chi connectivity index (χ3v) is 3.21. The molecule has 0 radical (unpaired) electrons. The van der Waals surface area contributed by atoms with E-state index in [1.165, 1.54) is 10.7 Å². The van der Waals surface area contributed by atoms with Crippen LogP contribution in [0.5, 0.6) is 0 Å². The zero-order valence-electron chi connectivity index (χ0n) is 11.7. The molecule has 8 nitrogen and oxygen atoms in total. The van der Waals surface area contributed by atoms with Crippen LogP contribution in [0.4, 0.5) is 5.82 Å². The summed E-state index contributed by atoms with van der Waals surface area (Å²) in [6.07, 6.45) is 4.70. The summed E-state index contributed by atoms with van der Waals surface area (Å²) in [5.74, 6) is 0.183. The third kappa shape index (κ3) is 2.31. The molecule has 3 aromatic heterocycles. The van der Waals surface area contributed by atoms with E-state index in [4.69, 9.17) is 5.73 Å². The number of carbonyl (C=O) groups is 1. The summed E-state index contributed by atoms with van der Waals surface area (Å²) in [7, 11) is 0. The van der Waals surface area contributed by atoms with Crippen LogP contribution in [0.3, 0.4) is 0 Å². The molecule has 0 bridgehead atoms. The van der Waals surface area contributed by atoms with Crippen molar-refractivity contribution in [3.05, 3.63) is 41.7 Å². The number of aromatic nitrogens is 5. The minimum Gasteiger partial charge on any atom is -0.384 e. The molecule has 3 rings (SSSR count). The Morgan fingerprint density at radius 3 is 3.00 bits per heavy atom. The number of hydrogen-bond acceptors (Lipinski definition) is 5. The number of nitrogen functional groups attached to an aromatic ring is 1. The second kappa shape index (κ2) is 4.89. The molecule has 1 atom stereocenters. The van der Waals surface area contributed by atoms with Crippen molar-refractivity contribution in [2.24, 2.45) is 0 Å². The summed E-state index contributed by atoms with van der Waals surface area (Å²) < 4.78 is 1.45. The molecule has 1 amide bonds. The predicted molar refractivity (Wildman–Crippen MR) is 76.6 cm³/mol. The lowest BCUT2D eigenvalue weighted by molar-refractivity contribution is 0.0940. The average Bonchev–Trinajstić information content (AvgIpc) is 3.07. The minimum atomic E-state index is -0.260. The molecule has 0 aliphatic rings. The van der Waals surface area contributed by atoms with Gasteiger partial charge in [-0.15, -0.1) is 0 Å². The maximum absolute atomic E-state index is 12.4. The first-order valence-corrected chi connectivity index (χ1v) is 6.46. The van der Waals surface area contributed by atoms with Gasteiger partial charge in [0, 0.05) is 11.8 Å². The maximum atomic E-state index is 12.4. The number of hydrogen-bond donors (Lipinski definition) is 3. The van der Waals surface area contributed by atoms with E-state index >= 15 is 0 Å². The van der Waals surface area contributed by atoms with Gasteiger partial charge in [0.2, 0.25) is 0 Å². The smallest absolute Gasteiger partial charge is 0.257 e. The lowest BCUT2D eigenvalue weighted by Crippen LogP contribution is -2.27. The van der Waals surface area contributed by atoms with Gasteiger partial charge in [-0.1, -0.05) is 0 Å². The molecule has 0 aliphatic heterocycles. The number of anilines is 1. The highest BCUT2D eigenvalue weighted by molar-refractivity contribution is 6.00. The lowest BCUT2D eigenvalue weighted by Gasteiger charge is -2.11. The molecule has 0 aromatic carbocycles. The van der Waals surface area contributed by atoms with E-state index in [1.807, 2.05) is 13.8 Å². The van der Waals surface area contributed by atoms with Crippen LogP contribution >= 0.6 is 0 Å². The number of carbonyl (C=O) groups excluding carboxylic acids is 1. The normalized spacial score (nSPS) is 12.5. The highest BCUT2D eigenvalue weighted by Crippen LogP contribution is 2.15. The van der Waals surface area contributed by atoms with Crippen molar-refractivity contribution in [1.82, 2.24) is 29.9 Å². The predicted octanol–water partition coefficient (Wildman–Crippen LogP) is 0.834. The number of imidazole rings is 1. The fraction of sp³-hybridized carbons (Fsp3) is 0.231. The number of H-pyrrole nitrogens is 1. The van der Waals surface area contributed by atoms with Crippen molar-refractivity contribution >= 4 is 17.4 Å². The number of nitrogens with one attached hydrogen (secondary N) is 2. The molecule has 0 aliphatic carbocycles. The topological polar surface area (TPSA) is 114 Å². The molecule has 3 aromatic rings. The number of aryl methyl sites for hydroxylation is 1. The van der Waals surface area contributed by atoms with Crippen molar-refractivity contribution in [2.75, 3.05) is 5.73 Å². The summed E-state index contributed by atoms with van der Waals surface area (Å²) >= 11 is 0. The molecule has 21 heavy (non-hydrogen) atoms. The van der Waals surface area contributed by atoms with E-state index in [9.17, 15) is 4.79 Å². The van der Waals surface area contributed by atoms with Gasteiger partial charge in [-0.3, -0.25) is 4.79 Å². The van der Waals surface area contributed by atoms with Gasteiger partial charge < -0.3 is 16.0 Å². The van der Waals surface area contributed by atoms with Crippen LogP contribution < -0.4 is 11.1 Å². The highest BCUT2D eigenvalue weighted by atomic mass is 16.1. The molecule has 8 heteroatoms. The molecular formula is C13H15N7O. The van der Waals surface area contributed by atoms with Crippen molar-refractivity contribution in [2.45, 2.75) is 19.9 Å². The largest absolute Gasteiger partial charge is 0.384 e. The van der Waals surface area contributed by atoms with Gasteiger partial charge in [-0.25, -0.2) is 9.97 Å². The average molecular weight is 285 g/mol. The van der Waals surface area contributed by atoms with Crippen LogP contribution in [-0.4, -0.2) is 30.5 Å². The molecular weight excluding hydrogens is 270 g/mol. The van der Waals surface area contributed by atoms with Crippen LogP contribution in [-0.2, 0) is 0 Å². The first-order chi connectivity index (χ1) is 10.1. The monoisotopic (exact) mass is 285 g/mol. The Morgan fingerprint density at radius 1 is 1.48 bits per heavy atom. The Bertz CT molecular complexity index is 790. The fourth-order valence-corrected chi connectivity index (χ4v) is 2.13. The number of fused-ring (bicyclic) bond motifs is 1. The lowest BCUT2D eigenvalue weighted by atomic mass is 10.2. The van der Waals surface area contributed by atoms with Crippen LogP contribution in [0.15, 0.2) is 24.8 Å². The molecule has 3 heterocycles. The zero-order chi connectivity index (χ0) is 15.0. The molecule has 0 fully saturated rings. The molecule has 0 saturated carbocycles. The summed E-state index contributed by atoms with van der Waals surface area (Å²) in [6.45, 7) is 3.68. The van der Waals surface area contributed by atoms with Gasteiger partial charge in [0.05, 0.1) is 30.5 Å². The fourth-order valence-electron chi connectivity index (χ4n) is 2.13. The summed E-state index contributed by atoms with van der Waals surface area (Å²) in [5.41, 5.74) is 8.25. The first-order valence-electron chi connectivity index (χ1n) is 6.46. The van der Waals surface area contributed by atoms with Crippen molar-refractivity contribution in [1.29, 1.82) is 0 Å². The second-order valence-corrected chi connectivity index (χ2v) is 4.82. The Balaban J connectivity index is 1.92. The standard InChI is InChI=1S/C13H15N7O/c1-7-3-11(14)20-12(18-7)9(4-17-20)13(21)19-8(2)10-5-15-6-16-10/h3-6,8H,14H2,1-2H3,(H,15,16)(H,19,21). The molecule has 0 spiro atoms. The van der Waals surface area contributed by atoms with Crippen LogP contribution in [0.1, 0.15) is 34.7 Å². The number of nitrogens with zero attached hydrogens (tertiary/aromatic N) is 4. The van der Waals surface area contributed by atoms with Gasteiger partial charge in [-0.05, 0) is 13.8 Å². The van der Waals surface area contributed by atoms with Crippen LogP contribution in [0, 0.1) is 6.92 Å². The van der Waals surface area contributed by atoms with E-state index in [0.717, 1.165) is 11.4 Å². The van der Waals surface area contributed by atoms with Gasteiger partial charge in [-0.2, -0.15) is 9.61 Å². The molecule has 108 valence electrons. The van der Waals surface area contributed by atoms with Crippen molar-refractivity contribution in [3.63, 3.8) is 0 Å². The van der Waals surface area contributed by atoms with Crippen LogP contribution in [0.2, 0.25) is 0 Å². The first kappa shape index (κ1) is 13.1. The summed E-state index contributed by atoms with van der Waals surface area (Å²) in [5, 5.41) is 6.97. The second-order valence-electron chi connectivity index (χ2n) is 4.82. The molecule has 4 N–H and O–H groups in total. The molecule has 0 saturated heterocycles. The summed E-state index contributed by atoms with van der Waals surface area (Å²) in [4.78, 5) is 23.6. The third-order valence-electron chi connectivity index (χ3n) is 3.21. The van der Waals surface area contributed by atoms with Gasteiger partial charge in [0.1, 0.15) is 11.4 Å². The van der Waals surface area contributed by atoms with Gasteiger partial charge in [0.25, 0.3) is 5.91 Å². The van der Waals surface area contributed by atoms with Crippen LogP contribution in [0.25, 0.3) is 5.65 Å². The van der Waals surface area contributed by atoms with E-state index < -0.39 is 0 Å². The Labute approximate surface area is 120 Å². The number of nitrogens with two attached hydrogens (primary N) is 1. The SMILES string of the molecule is Cc1cc(N)n2ncc(C(=O)NC(C)c3cnc[nH]3)c2n1. The van der Waals surface area contributed by atoms with E-state index in [0.29, 0.717) is 17.0 Å². The summed E-state index contributed by atoms with van der Waals surface area (Å²) in [6, 6.07) is 1.51. The van der Waals surface area contributed by atoms with Crippen molar-refractivity contribution < 1.29 is 4.79 Å². The number of rotatable bonds is 3. The highest BCUT2D eigenvalue weighted by Gasteiger charge is 2.18. The van der Waals surface area contributed by atoms with E-state index in [-0.39, 0.29) is 11.9 Å². The minimum absolute atomic E-state index is 0.197. The van der Waals surface area contributed by atoms with Gasteiger partial charge in [0.15, 0.2) is 5.65 Å². The van der Waals surface area contributed by atoms with E-state index in [1.54, 1.807) is 18.6 Å². The Kier molecular flexibility index (Phi) is 3.05.